The van der Waals surface area contributed by atoms with Gasteiger partial charge in [-0.3, -0.25) is 0 Å². The number of pyridine rings is 1. The molecule has 1 aliphatic carbocycles. The highest BCUT2D eigenvalue weighted by Crippen LogP contribution is 2.42. The molecule has 0 amide bonds. The Kier molecular flexibility index (Phi) is 5.08. The molecule has 5 rings (SSSR count). The van der Waals surface area contributed by atoms with Crippen LogP contribution in [0.1, 0.15) is 48.9 Å². The molecule has 3 aromatic rings. The summed E-state index contributed by atoms with van der Waals surface area (Å²) in [7, 11) is 0. The molecule has 0 unspecified atom stereocenters. The van der Waals surface area contributed by atoms with Crippen molar-refractivity contribution in [2.24, 2.45) is 0 Å². The number of ether oxygens (including phenoxy) is 2. The largest absolute Gasteiger partial charge is 0.439 e. The van der Waals surface area contributed by atoms with E-state index in [9.17, 15) is 0 Å². The molecule has 0 radical (unpaired) electrons. The lowest BCUT2D eigenvalue weighted by molar-refractivity contribution is 0.0642. The maximum Gasteiger partial charge on any atom is 0.218 e. The Morgan fingerprint density at radius 3 is 2.77 bits per heavy atom. The van der Waals surface area contributed by atoms with E-state index in [-0.39, 0.29) is 0 Å². The smallest absolute Gasteiger partial charge is 0.218 e. The minimum absolute atomic E-state index is 0.300. The van der Waals surface area contributed by atoms with Crippen molar-refractivity contribution < 1.29 is 9.47 Å². The van der Waals surface area contributed by atoms with Crippen LogP contribution in [-0.4, -0.2) is 28.0 Å². The Hall–Kier alpha value is -3.37. The van der Waals surface area contributed by atoms with Gasteiger partial charge in [-0.15, -0.1) is 0 Å². The van der Waals surface area contributed by atoms with Crippen molar-refractivity contribution in [3.63, 3.8) is 0 Å². The molecule has 1 aromatic carbocycles. The van der Waals surface area contributed by atoms with Gasteiger partial charge in [0.15, 0.2) is 0 Å². The van der Waals surface area contributed by atoms with Gasteiger partial charge in [-0.2, -0.15) is 10.4 Å². The van der Waals surface area contributed by atoms with Crippen molar-refractivity contribution in [2.75, 3.05) is 18.5 Å². The van der Waals surface area contributed by atoms with Gasteiger partial charge in [0.1, 0.15) is 11.6 Å². The summed E-state index contributed by atoms with van der Waals surface area (Å²) in [4.78, 5) is 4.37. The van der Waals surface area contributed by atoms with E-state index in [4.69, 9.17) is 19.8 Å². The monoisotopic (exact) mass is 401 g/mol. The molecule has 1 saturated carbocycles. The van der Waals surface area contributed by atoms with Gasteiger partial charge in [0, 0.05) is 43.1 Å². The molecule has 0 atom stereocenters. The first-order chi connectivity index (χ1) is 14.8. The Morgan fingerprint density at radius 1 is 1.10 bits per heavy atom. The van der Waals surface area contributed by atoms with Crippen LogP contribution < -0.4 is 10.1 Å². The van der Waals surface area contributed by atoms with Crippen LogP contribution in [0.15, 0.2) is 48.7 Å². The first kappa shape index (κ1) is 18.6. The first-order valence-corrected chi connectivity index (χ1v) is 10.4. The third kappa shape index (κ3) is 4.14. The fraction of sp³-hybridized carbons (Fsp3) is 0.348. The van der Waals surface area contributed by atoms with Gasteiger partial charge >= 0.3 is 0 Å². The van der Waals surface area contributed by atoms with Crippen molar-refractivity contribution in [3.05, 3.63) is 59.9 Å². The second kappa shape index (κ2) is 8.17. The molecule has 1 N–H and O–H groups in total. The summed E-state index contributed by atoms with van der Waals surface area (Å²) in [6.45, 7) is 1.52. The summed E-state index contributed by atoms with van der Waals surface area (Å²) in [5.41, 5.74) is 2.53. The molecule has 2 fully saturated rings. The van der Waals surface area contributed by atoms with Crippen molar-refractivity contribution >= 4 is 11.5 Å². The average molecular weight is 401 g/mol. The number of nitrogens with one attached hydrogen (secondary N) is 1. The van der Waals surface area contributed by atoms with Crippen LogP contribution in [0, 0.1) is 11.3 Å². The molecule has 3 heterocycles. The molecule has 7 heteroatoms. The molecule has 152 valence electrons. The standard InChI is InChI=1S/C23H23N5O2/c24-15-16-2-1-3-18(12-16)26-22-13-20(6-9-25-22)30-23-14-21(17-4-5-17)27-28(23)19-7-10-29-11-8-19/h1-3,6,9,12-14,17,19H,4-5,7-8,10-11H2,(H,25,26). The van der Waals surface area contributed by atoms with Crippen LogP contribution >= 0.6 is 0 Å². The summed E-state index contributed by atoms with van der Waals surface area (Å²) >= 11 is 0. The molecule has 1 aliphatic heterocycles. The maximum atomic E-state index is 9.09. The molecule has 1 saturated heterocycles. The van der Waals surface area contributed by atoms with E-state index in [1.54, 1.807) is 18.3 Å². The van der Waals surface area contributed by atoms with Gasteiger partial charge in [-0.05, 0) is 49.9 Å². The van der Waals surface area contributed by atoms with Crippen molar-refractivity contribution in [1.29, 1.82) is 5.26 Å². The highest BCUT2D eigenvalue weighted by atomic mass is 16.5. The molecule has 0 spiro atoms. The zero-order valence-corrected chi connectivity index (χ0v) is 16.6. The number of nitrogens with zero attached hydrogens (tertiary/aromatic N) is 4. The maximum absolute atomic E-state index is 9.09. The van der Waals surface area contributed by atoms with Gasteiger partial charge in [-0.1, -0.05) is 6.07 Å². The summed E-state index contributed by atoms with van der Waals surface area (Å²) in [5, 5.41) is 17.2. The van der Waals surface area contributed by atoms with Crippen LogP contribution in [-0.2, 0) is 4.74 Å². The Morgan fingerprint density at radius 2 is 1.97 bits per heavy atom. The SMILES string of the molecule is N#Cc1cccc(Nc2cc(Oc3cc(C4CC4)nn3C3CCOCC3)ccn2)c1. The molecule has 7 nitrogen and oxygen atoms in total. The van der Waals surface area contributed by atoms with Crippen LogP contribution in [0.2, 0.25) is 0 Å². The quantitative estimate of drug-likeness (QED) is 0.631. The third-order valence-corrected chi connectivity index (χ3v) is 5.47. The third-order valence-electron chi connectivity index (χ3n) is 5.47. The molecule has 0 bridgehead atoms. The number of hydrogen-bond donors (Lipinski definition) is 1. The zero-order valence-electron chi connectivity index (χ0n) is 16.6. The predicted molar refractivity (Wildman–Crippen MR) is 112 cm³/mol. The highest BCUT2D eigenvalue weighted by molar-refractivity contribution is 5.59. The van der Waals surface area contributed by atoms with Gasteiger partial charge in [0.2, 0.25) is 5.88 Å². The fourth-order valence-corrected chi connectivity index (χ4v) is 3.72. The number of nitriles is 1. The molecule has 2 aromatic heterocycles. The fourth-order valence-electron chi connectivity index (χ4n) is 3.72. The second-order valence-electron chi connectivity index (χ2n) is 7.77. The lowest BCUT2D eigenvalue weighted by atomic mass is 10.1. The minimum atomic E-state index is 0.300. The Bertz CT molecular complexity index is 1080. The summed E-state index contributed by atoms with van der Waals surface area (Å²) in [5.74, 6) is 2.68. The van der Waals surface area contributed by atoms with E-state index in [2.05, 4.69) is 22.4 Å². The molecular weight excluding hydrogens is 378 g/mol. The van der Waals surface area contributed by atoms with E-state index < -0.39 is 0 Å². The highest BCUT2D eigenvalue weighted by Gasteiger charge is 2.30. The molecule has 30 heavy (non-hydrogen) atoms. The van der Waals surface area contributed by atoms with Crippen LogP contribution in [0.25, 0.3) is 0 Å². The van der Waals surface area contributed by atoms with Crippen molar-refractivity contribution in [2.45, 2.75) is 37.6 Å². The second-order valence-corrected chi connectivity index (χ2v) is 7.77. The number of benzene rings is 1. The Balaban J connectivity index is 1.38. The molecule has 2 aliphatic rings. The average Bonchev–Trinajstić information content (AvgIpc) is 3.55. The van der Waals surface area contributed by atoms with Crippen LogP contribution in [0.5, 0.6) is 11.6 Å². The van der Waals surface area contributed by atoms with Crippen LogP contribution in [0.3, 0.4) is 0 Å². The lowest BCUT2D eigenvalue weighted by Crippen LogP contribution is -2.21. The Labute approximate surface area is 175 Å². The summed E-state index contributed by atoms with van der Waals surface area (Å²) < 4.78 is 13.8. The van der Waals surface area contributed by atoms with E-state index in [1.807, 2.05) is 28.9 Å². The van der Waals surface area contributed by atoms with Gasteiger partial charge in [-0.25, -0.2) is 9.67 Å². The van der Waals surface area contributed by atoms with E-state index in [0.29, 0.717) is 29.1 Å². The number of aromatic nitrogens is 3. The number of anilines is 2. The number of hydrogen-bond acceptors (Lipinski definition) is 6. The molecular formula is C23H23N5O2. The summed E-state index contributed by atoms with van der Waals surface area (Å²) in [6.07, 6.45) is 6.01. The van der Waals surface area contributed by atoms with Crippen LogP contribution in [0.4, 0.5) is 11.5 Å². The van der Waals surface area contributed by atoms with Crippen molar-refractivity contribution in [3.8, 4) is 17.7 Å². The van der Waals surface area contributed by atoms with Gasteiger partial charge < -0.3 is 14.8 Å². The topological polar surface area (TPSA) is 85.0 Å². The normalized spacial score (nSPS) is 16.8. The van der Waals surface area contributed by atoms with Crippen molar-refractivity contribution in [1.82, 2.24) is 14.8 Å². The van der Waals surface area contributed by atoms with E-state index in [0.717, 1.165) is 43.3 Å². The first-order valence-electron chi connectivity index (χ1n) is 10.4. The minimum Gasteiger partial charge on any atom is -0.439 e. The lowest BCUT2D eigenvalue weighted by Gasteiger charge is -2.24. The van der Waals surface area contributed by atoms with E-state index >= 15 is 0 Å². The predicted octanol–water partition coefficient (Wildman–Crippen LogP) is 4.91. The zero-order chi connectivity index (χ0) is 20.3. The van der Waals surface area contributed by atoms with Gasteiger partial charge in [0.25, 0.3) is 0 Å². The summed E-state index contributed by atoms with van der Waals surface area (Å²) in [6, 6.07) is 15.5. The number of rotatable bonds is 6. The van der Waals surface area contributed by atoms with E-state index in [1.165, 1.54) is 12.8 Å². The van der Waals surface area contributed by atoms with Gasteiger partial charge in [0.05, 0.1) is 23.4 Å².